The molecule has 0 aliphatic rings. The third-order valence-electron chi connectivity index (χ3n) is 2.09. The Bertz CT molecular complexity index is 98.9. The van der Waals surface area contributed by atoms with Gasteiger partial charge in [-0.1, -0.05) is 32.6 Å². The van der Waals surface area contributed by atoms with Crippen molar-refractivity contribution in [3.8, 4) is 0 Å². The van der Waals surface area contributed by atoms with E-state index in [0.29, 0.717) is 13.2 Å². The maximum atomic E-state index is 8.55. The highest BCUT2D eigenvalue weighted by Crippen LogP contribution is 2.07. The van der Waals surface area contributed by atoms with Crippen LogP contribution < -0.4 is 5.73 Å². The Hall–Kier alpha value is -0.120. The lowest BCUT2D eigenvalue weighted by Gasteiger charge is -2.14. The molecule has 0 amide bonds. The lowest BCUT2D eigenvalue weighted by molar-refractivity contribution is 0.0278. The number of aliphatic hydroxyl groups excluding tert-OH is 1. The van der Waals surface area contributed by atoms with Crippen molar-refractivity contribution in [1.29, 1.82) is 0 Å². The zero-order valence-corrected chi connectivity index (χ0v) is 8.67. The van der Waals surface area contributed by atoms with Crippen LogP contribution in [0.5, 0.6) is 0 Å². The van der Waals surface area contributed by atoms with Crippen molar-refractivity contribution >= 4 is 0 Å². The summed E-state index contributed by atoms with van der Waals surface area (Å²) in [4.78, 5) is 0. The van der Waals surface area contributed by atoms with Crippen LogP contribution in [0, 0.1) is 0 Å². The molecular formula is C10H23NO2. The van der Waals surface area contributed by atoms with Crippen LogP contribution in [0.3, 0.4) is 0 Å². The Morgan fingerprint density at radius 3 is 2.62 bits per heavy atom. The van der Waals surface area contributed by atoms with E-state index in [0.717, 1.165) is 6.42 Å². The molecule has 3 N–H and O–H groups in total. The number of rotatable bonds is 9. The van der Waals surface area contributed by atoms with Gasteiger partial charge in [0.15, 0.2) is 0 Å². The normalized spacial score (nSPS) is 13.2. The first kappa shape index (κ1) is 12.9. The van der Waals surface area contributed by atoms with Crippen LogP contribution in [0.4, 0.5) is 0 Å². The molecule has 0 saturated heterocycles. The second kappa shape index (κ2) is 9.96. The number of hydrogen-bond donors (Lipinski definition) is 2. The first-order valence-electron chi connectivity index (χ1n) is 5.27. The van der Waals surface area contributed by atoms with Crippen molar-refractivity contribution in [3.63, 3.8) is 0 Å². The van der Waals surface area contributed by atoms with Crippen LogP contribution in [-0.4, -0.2) is 31.0 Å². The van der Waals surface area contributed by atoms with Crippen LogP contribution >= 0.6 is 0 Å². The van der Waals surface area contributed by atoms with E-state index < -0.39 is 0 Å². The smallest absolute Gasteiger partial charge is 0.0702 e. The molecular weight excluding hydrogens is 166 g/mol. The number of hydrogen-bond acceptors (Lipinski definition) is 3. The summed E-state index contributed by atoms with van der Waals surface area (Å²) in [7, 11) is 0. The number of aliphatic hydroxyl groups is 1. The number of ether oxygens (including phenoxy) is 1. The molecule has 0 saturated carbocycles. The molecule has 3 nitrogen and oxygen atoms in total. The van der Waals surface area contributed by atoms with Gasteiger partial charge in [-0.15, -0.1) is 0 Å². The summed E-state index contributed by atoms with van der Waals surface area (Å²) in [5, 5.41) is 8.55. The quantitative estimate of drug-likeness (QED) is 0.537. The van der Waals surface area contributed by atoms with Crippen molar-refractivity contribution in [3.05, 3.63) is 0 Å². The van der Waals surface area contributed by atoms with Crippen LogP contribution in [0.1, 0.15) is 39.0 Å². The molecule has 0 aliphatic carbocycles. The van der Waals surface area contributed by atoms with Gasteiger partial charge in [-0.25, -0.2) is 0 Å². The molecule has 0 aromatic rings. The molecule has 13 heavy (non-hydrogen) atoms. The largest absolute Gasteiger partial charge is 0.394 e. The molecule has 1 unspecified atom stereocenters. The molecule has 0 aliphatic heterocycles. The Morgan fingerprint density at radius 1 is 1.31 bits per heavy atom. The van der Waals surface area contributed by atoms with E-state index >= 15 is 0 Å². The van der Waals surface area contributed by atoms with E-state index in [4.69, 9.17) is 15.6 Å². The van der Waals surface area contributed by atoms with E-state index in [-0.39, 0.29) is 12.7 Å². The summed E-state index contributed by atoms with van der Waals surface area (Å²) in [6, 6.07) is 0. The molecule has 0 aromatic carbocycles. The Balaban J connectivity index is 3.25. The SMILES string of the molecule is CCCCCCC(CN)OCCO. The minimum atomic E-state index is 0.0888. The molecule has 0 radical (unpaired) electrons. The van der Waals surface area contributed by atoms with Gasteiger partial charge in [-0.2, -0.15) is 0 Å². The average molecular weight is 189 g/mol. The summed E-state index contributed by atoms with van der Waals surface area (Å²) < 4.78 is 5.35. The molecule has 0 aromatic heterocycles. The summed E-state index contributed by atoms with van der Waals surface area (Å²) in [5.41, 5.74) is 5.52. The molecule has 0 spiro atoms. The fourth-order valence-corrected chi connectivity index (χ4v) is 1.29. The molecule has 1 atom stereocenters. The monoisotopic (exact) mass is 189 g/mol. The minimum Gasteiger partial charge on any atom is -0.394 e. The molecule has 80 valence electrons. The summed E-state index contributed by atoms with van der Waals surface area (Å²) >= 11 is 0. The topological polar surface area (TPSA) is 55.5 Å². The summed E-state index contributed by atoms with van der Waals surface area (Å²) in [6.45, 7) is 3.26. The minimum absolute atomic E-state index is 0.0888. The van der Waals surface area contributed by atoms with Crippen molar-refractivity contribution in [2.45, 2.75) is 45.1 Å². The van der Waals surface area contributed by atoms with Gasteiger partial charge in [0.1, 0.15) is 0 Å². The molecule has 0 bridgehead atoms. The van der Waals surface area contributed by atoms with Gasteiger partial charge in [0.2, 0.25) is 0 Å². The van der Waals surface area contributed by atoms with Gasteiger partial charge in [0, 0.05) is 6.54 Å². The highest BCUT2D eigenvalue weighted by Gasteiger charge is 2.05. The van der Waals surface area contributed by atoms with Gasteiger partial charge < -0.3 is 15.6 Å². The van der Waals surface area contributed by atoms with Gasteiger partial charge in [0.05, 0.1) is 19.3 Å². The van der Waals surface area contributed by atoms with E-state index in [1.165, 1.54) is 25.7 Å². The third kappa shape index (κ3) is 8.22. The molecule has 0 fully saturated rings. The zero-order valence-electron chi connectivity index (χ0n) is 8.67. The zero-order chi connectivity index (χ0) is 9.94. The molecule has 0 rings (SSSR count). The predicted octanol–water partition coefficient (Wildman–Crippen LogP) is 1.29. The Kier molecular flexibility index (Phi) is 9.87. The van der Waals surface area contributed by atoms with Crippen LogP contribution in [0.2, 0.25) is 0 Å². The highest BCUT2D eigenvalue weighted by molar-refractivity contribution is 4.58. The predicted molar refractivity (Wildman–Crippen MR) is 54.6 cm³/mol. The van der Waals surface area contributed by atoms with Crippen molar-refractivity contribution in [1.82, 2.24) is 0 Å². The summed E-state index contributed by atoms with van der Waals surface area (Å²) in [5.74, 6) is 0. The first-order valence-corrected chi connectivity index (χ1v) is 5.27. The van der Waals surface area contributed by atoms with Gasteiger partial charge in [0.25, 0.3) is 0 Å². The van der Waals surface area contributed by atoms with Crippen LogP contribution in [-0.2, 0) is 4.74 Å². The highest BCUT2D eigenvalue weighted by atomic mass is 16.5. The van der Waals surface area contributed by atoms with Gasteiger partial charge >= 0.3 is 0 Å². The maximum absolute atomic E-state index is 8.55. The summed E-state index contributed by atoms with van der Waals surface area (Å²) in [6.07, 6.45) is 6.15. The fraction of sp³-hybridized carbons (Fsp3) is 1.00. The van der Waals surface area contributed by atoms with E-state index in [1.807, 2.05) is 0 Å². The van der Waals surface area contributed by atoms with Crippen molar-refractivity contribution in [2.75, 3.05) is 19.8 Å². The van der Waals surface area contributed by atoms with Crippen molar-refractivity contribution in [2.24, 2.45) is 5.73 Å². The van der Waals surface area contributed by atoms with Crippen LogP contribution in [0.25, 0.3) is 0 Å². The van der Waals surface area contributed by atoms with Crippen LogP contribution in [0.15, 0.2) is 0 Å². The maximum Gasteiger partial charge on any atom is 0.0702 e. The Morgan fingerprint density at radius 2 is 2.08 bits per heavy atom. The average Bonchev–Trinajstić information content (AvgIpc) is 2.17. The van der Waals surface area contributed by atoms with E-state index in [9.17, 15) is 0 Å². The standard InChI is InChI=1S/C10H23NO2/c1-2-3-4-5-6-10(9-11)13-8-7-12/h10,12H,2-9,11H2,1H3. The van der Waals surface area contributed by atoms with Gasteiger partial charge in [-0.3, -0.25) is 0 Å². The molecule has 0 heterocycles. The second-order valence-corrected chi connectivity index (χ2v) is 3.30. The number of unbranched alkanes of at least 4 members (excludes halogenated alkanes) is 3. The molecule has 3 heteroatoms. The van der Waals surface area contributed by atoms with E-state index in [1.54, 1.807) is 0 Å². The van der Waals surface area contributed by atoms with Gasteiger partial charge in [-0.05, 0) is 6.42 Å². The lowest BCUT2D eigenvalue weighted by Crippen LogP contribution is -2.25. The first-order chi connectivity index (χ1) is 6.35. The number of nitrogens with two attached hydrogens (primary N) is 1. The van der Waals surface area contributed by atoms with E-state index in [2.05, 4.69) is 6.92 Å². The fourth-order valence-electron chi connectivity index (χ4n) is 1.29. The Labute approximate surface area is 81.3 Å². The second-order valence-electron chi connectivity index (χ2n) is 3.30. The third-order valence-corrected chi connectivity index (χ3v) is 2.09. The lowest BCUT2D eigenvalue weighted by atomic mass is 10.1. The van der Waals surface area contributed by atoms with Crippen molar-refractivity contribution < 1.29 is 9.84 Å².